The van der Waals surface area contributed by atoms with Crippen LogP contribution >= 0.6 is 0 Å². The Morgan fingerprint density at radius 2 is 2.11 bits per heavy atom. The van der Waals surface area contributed by atoms with Gasteiger partial charge in [-0.05, 0) is 31.5 Å². The number of para-hydroxylation sites is 1. The second-order valence-electron chi connectivity index (χ2n) is 4.80. The number of hydrogen-bond acceptors (Lipinski definition) is 3. The average Bonchev–Trinajstić information content (AvgIpc) is 3.07. The number of carbonyl (C=O) groups excluding carboxylic acids is 1. The van der Waals surface area contributed by atoms with E-state index >= 15 is 0 Å². The minimum Gasteiger partial charge on any atom is -0.378 e. The zero-order chi connectivity index (χ0) is 13.2. The molecule has 19 heavy (non-hydrogen) atoms. The molecule has 0 saturated carbocycles. The minimum absolute atomic E-state index is 0.00776. The van der Waals surface area contributed by atoms with Gasteiger partial charge in [-0.2, -0.15) is 5.10 Å². The highest BCUT2D eigenvalue weighted by Crippen LogP contribution is 2.25. The third-order valence-electron chi connectivity index (χ3n) is 3.61. The molecule has 0 bridgehead atoms. The fraction of sp³-hybridized carbons (Fsp3) is 0.333. The quantitative estimate of drug-likeness (QED) is 0.792. The standard InChI is InChI=1S/C15H16N2O2/c1-11-13(8-10-19-11)15(18)14-7-9-16-17(14)12-5-3-2-4-6-12/h2-7,9,11,13H,8,10H2,1H3. The lowest BCUT2D eigenvalue weighted by atomic mass is 9.95. The summed E-state index contributed by atoms with van der Waals surface area (Å²) in [4.78, 5) is 12.6. The van der Waals surface area contributed by atoms with Crippen molar-refractivity contribution in [3.63, 3.8) is 0 Å². The van der Waals surface area contributed by atoms with Gasteiger partial charge in [-0.25, -0.2) is 4.68 Å². The van der Waals surface area contributed by atoms with Crippen LogP contribution in [0.4, 0.5) is 0 Å². The van der Waals surface area contributed by atoms with Crippen molar-refractivity contribution in [2.45, 2.75) is 19.4 Å². The number of ether oxygens (including phenoxy) is 1. The number of carbonyl (C=O) groups is 1. The van der Waals surface area contributed by atoms with Gasteiger partial charge in [0.25, 0.3) is 0 Å². The van der Waals surface area contributed by atoms with Crippen LogP contribution in [0.1, 0.15) is 23.8 Å². The summed E-state index contributed by atoms with van der Waals surface area (Å²) in [5, 5.41) is 4.26. The summed E-state index contributed by atoms with van der Waals surface area (Å²) in [7, 11) is 0. The van der Waals surface area contributed by atoms with Crippen LogP contribution in [0.25, 0.3) is 5.69 Å². The van der Waals surface area contributed by atoms with E-state index in [1.807, 2.05) is 37.3 Å². The number of benzene rings is 1. The molecule has 0 aliphatic carbocycles. The van der Waals surface area contributed by atoms with Crippen LogP contribution in [-0.2, 0) is 4.74 Å². The first-order chi connectivity index (χ1) is 9.27. The fourth-order valence-electron chi connectivity index (χ4n) is 2.53. The van der Waals surface area contributed by atoms with Crippen molar-refractivity contribution < 1.29 is 9.53 Å². The van der Waals surface area contributed by atoms with E-state index in [1.54, 1.807) is 16.9 Å². The van der Waals surface area contributed by atoms with E-state index in [2.05, 4.69) is 5.10 Å². The summed E-state index contributed by atoms with van der Waals surface area (Å²) in [5.41, 5.74) is 1.54. The van der Waals surface area contributed by atoms with E-state index in [0.29, 0.717) is 12.3 Å². The molecule has 0 N–H and O–H groups in total. The van der Waals surface area contributed by atoms with Gasteiger partial charge >= 0.3 is 0 Å². The number of hydrogen-bond donors (Lipinski definition) is 0. The maximum absolute atomic E-state index is 12.6. The van der Waals surface area contributed by atoms with Gasteiger partial charge in [0.2, 0.25) is 0 Å². The fourth-order valence-corrected chi connectivity index (χ4v) is 2.53. The third kappa shape index (κ3) is 2.19. The Hall–Kier alpha value is -1.94. The maximum Gasteiger partial charge on any atom is 0.187 e. The van der Waals surface area contributed by atoms with E-state index in [9.17, 15) is 4.79 Å². The Bertz CT molecular complexity index is 577. The number of nitrogens with zero attached hydrogens (tertiary/aromatic N) is 2. The van der Waals surface area contributed by atoms with Gasteiger partial charge in [0.05, 0.1) is 23.9 Å². The predicted octanol–water partition coefficient (Wildman–Crippen LogP) is 2.48. The van der Waals surface area contributed by atoms with E-state index in [-0.39, 0.29) is 17.8 Å². The molecule has 1 aliphatic heterocycles. The molecule has 1 aromatic carbocycles. The van der Waals surface area contributed by atoms with Crippen LogP contribution in [0, 0.1) is 5.92 Å². The molecule has 4 heteroatoms. The molecule has 2 aromatic rings. The molecule has 3 rings (SSSR count). The summed E-state index contributed by atoms with van der Waals surface area (Å²) in [6, 6.07) is 11.5. The SMILES string of the molecule is CC1OCCC1C(=O)c1ccnn1-c1ccccc1. The van der Waals surface area contributed by atoms with Gasteiger partial charge < -0.3 is 4.74 Å². The first-order valence-electron chi connectivity index (χ1n) is 6.52. The molecule has 1 aromatic heterocycles. The number of Topliss-reactive ketones (excluding diaryl/α,β-unsaturated/α-hetero) is 1. The molecule has 2 unspecified atom stereocenters. The molecule has 2 atom stereocenters. The summed E-state index contributed by atoms with van der Waals surface area (Å²) in [5.74, 6) is 0.0607. The molecule has 0 radical (unpaired) electrons. The molecule has 0 amide bonds. The van der Waals surface area contributed by atoms with Crippen molar-refractivity contribution in [3.05, 3.63) is 48.3 Å². The zero-order valence-corrected chi connectivity index (χ0v) is 10.8. The van der Waals surface area contributed by atoms with Crippen molar-refractivity contribution in [3.8, 4) is 5.69 Å². The lowest BCUT2D eigenvalue weighted by Crippen LogP contribution is -2.24. The van der Waals surface area contributed by atoms with Crippen LogP contribution in [0.3, 0.4) is 0 Å². The van der Waals surface area contributed by atoms with Gasteiger partial charge in [0.1, 0.15) is 5.69 Å². The van der Waals surface area contributed by atoms with Crippen LogP contribution in [0.2, 0.25) is 0 Å². The van der Waals surface area contributed by atoms with Gasteiger partial charge in [0.15, 0.2) is 5.78 Å². The van der Waals surface area contributed by atoms with Crippen LogP contribution in [0.15, 0.2) is 42.6 Å². The highest BCUT2D eigenvalue weighted by molar-refractivity contribution is 5.97. The van der Waals surface area contributed by atoms with E-state index in [1.165, 1.54) is 0 Å². The van der Waals surface area contributed by atoms with Gasteiger partial charge in [-0.1, -0.05) is 18.2 Å². The molecular formula is C15H16N2O2. The molecule has 1 fully saturated rings. The monoisotopic (exact) mass is 256 g/mol. The highest BCUT2D eigenvalue weighted by atomic mass is 16.5. The van der Waals surface area contributed by atoms with Crippen LogP contribution in [-0.4, -0.2) is 28.3 Å². The van der Waals surface area contributed by atoms with E-state index in [0.717, 1.165) is 12.1 Å². The molecule has 98 valence electrons. The largest absolute Gasteiger partial charge is 0.378 e. The van der Waals surface area contributed by atoms with E-state index < -0.39 is 0 Å². The summed E-state index contributed by atoms with van der Waals surface area (Å²) >= 11 is 0. The Morgan fingerprint density at radius 1 is 1.32 bits per heavy atom. The Morgan fingerprint density at radius 3 is 2.79 bits per heavy atom. The van der Waals surface area contributed by atoms with Crippen molar-refractivity contribution in [1.29, 1.82) is 0 Å². The second-order valence-corrected chi connectivity index (χ2v) is 4.80. The highest BCUT2D eigenvalue weighted by Gasteiger charge is 2.33. The van der Waals surface area contributed by atoms with Crippen molar-refractivity contribution in [2.75, 3.05) is 6.61 Å². The first-order valence-corrected chi connectivity index (χ1v) is 6.52. The van der Waals surface area contributed by atoms with Crippen LogP contribution in [0.5, 0.6) is 0 Å². The normalized spacial score (nSPS) is 22.6. The molecule has 4 nitrogen and oxygen atoms in total. The minimum atomic E-state index is -0.0563. The van der Waals surface area contributed by atoms with Crippen molar-refractivity contribution in [2.24, 2.45) is 5.92 Å². The third-order valence-corrected chi connectivity index (χ3v) is 3.61. The zero-order valence-electron chi connectivity index (χ0n) is 10.8. The Balaban J connectivity index is 1.94. The Labute approximate surface area is 112 Å². The topological polar surface area (TPSA) is 44.1 Å². The van der Waals surface area contributed by atoms with Gasteiger partial charge in [-0.3, -0.25) is 4.79 Å². The molecular weight excluding hydrogens is 240 g/mol. The molecule has 0 spiro atoms. The predicted molar refractivity (Wildman–Crippen MR) is 71.4 cm³/mol. The number of ketones is 1. The summed E-state index contributed by atoms with van der Waals surface area (Å²) in [6.07, 6.45) is 2.45. The van der Waals surface area contributed by atoms with Crippen LogP contribution < -0.4 is 0 Å². The number of rotatable bonds is 3. The summed E-state index contributed by atoms with van der Waals surface area (Å²) < 4.78 is 7.18. The lowest BCUT2D eigenvalue weighted by molar-refractivity contribution is 0.0757. The molecule has 2 heterocycles. The van der Waals surface area contributed by atoms with Crippen molar-refractivity contribution in [1.82, 2.24) is 9.78 Å². The summed E-state index contributed by atoms with van der Waals surface area (Å²) in [6.45, 7) is 2.62. The molecule has 1 saturated heterocycles. The van der Waals surface area contributed by atoms with Gasteiger partial charge in [-0.15, -0.1) is 0 Å². The lowest BCUT2D eigenvalue weighted by Gasteiger charge is -2.13. The first kappa shape index (κ1) is 12.1. The average molecular weight is 256 g/mol. The smallest absolute Gasteiger partial charge is 0.187 e. The maximum atomic E-state index is 12.6. The van der Waals surface area contributed by atoms with Gasteiger partial charge in [0, 0.05) is 6.61 Å². The number of aromatic nitrogens is 2. The van der Waals surface area contributed by atoms with E-state index in [4.69, 9.17) is 4.74 Å². The Kier molecular flexibility index (Phi) is 3.17. The molecule has 1 aliphatic rings. The second kappa shape index (κ2) is 4.97. The van der Waals surface area contributed by atoms with Crippen molar-refractivity contribution >= 4 is 5.78 Å².